The van der Waals surface area contributed by atoms with Gasteiger partial charge in [-0.2, -0.15) is 4.98 Å². The molecule has 0 radical (unpaired) electrons. The predicted octanol–water partition coefficient (Wildman–Crippen LogP) is 0.0683. The lowest BCUT2D eigenvalue weighted by Crippen LogP contribution is -2.45. The van der Waals surface area contributed by atoms with Gasteiger partial charge in [-0.15, -0.1) is 0 Å². The highest BCUT2D eigenvalue weighted by Gasteiger charge is 2.25. The fourth-order valence-electron chi connectivity index (χ4n) is 4.41. The van der Waals surface area contributed by atoms with Crippen molar-refractivity contribution >= 4 is 23.1 Å². The molecule has 0 unspecified atom stereocenters. The Bertz CT molecular complexity index is 1410. The zero-order chi connectivity index (χ0) is 26.9. The van der Waals surface area contributed by atoms with Gasteiger partial charge in [-0.25, -0.2) is 9.59 Å². The highest BCUT2D eigenvalue weighted by atomic mass is 16.5. The predicted molar refractivity (Wildman–Crippen MR) is 136 cm³/mol. The normalized spacial score (nSPS) is 14.2. The number of nitrogens with zero attached hydrogens (tertiary/aromatic N) is 6. The number of hydrogen-bond donors (Lipinski definition) is 0. The number of aromatic nitrogens is 4. The van der Waals surface area contributed by atoms with Crippen LogP contribution < -0.4 is 30.4 Å². The number of benzene rings is 1. The summed E-state index contributed by atoms with van der Waals surface area (Å²) in [6, 6.07) is 3.02. The molecule has 0 atom stereocenters. The van der Waals surface area contributed by atoms with Crippen LogP contribution in [0.2, 0.25) is 0 Å². The smallest absolute Gasteiger partial charge is 0.338 e. The summed E-state index contributed by atoms with van der Waals surface area (Å²) in [5, 5.41) is 0. The molecule has 1 aliphatic rings. The van der Waals surface area contributed by atoms with E-state index in [0.717, 1.165) is 17.7 Å². The van der Waals surface area contributed by atoms with Crippen molar-refractivity contribution in [3.63, 3.8) is 0 Å². The number of imidazole rings is 1. The van der Waals surface area contributed by atoms with Crippen LogP contribution in [0.1, 0.15) is 10.4 Å². The number of anilines is 1. The number of fused-ring (bicyclic) bond motifs is 1. The summed E-state index contributed by atoms with van der Waals surface area (Å²) >= 11 is 0. The second-order valence-electron chi connectivity index (χ2n) is 8.78. The molecule has 1 fully saturated rings. The summed E-state index contributed by atoms with van der Waals surface area (Å²) in [5.74, 6) is 0.993. The molecule has 13 heteroatoms. The molecule has 0 spiro atoms. The van der Waals surface area contributed by atoms with Gasteiger partial charge in [-0.1, -0.05) is 0 Å². The number of rotatable bonds is 8. The average molecular weight is 517 g/mol. The topological polar surface area (TPSA) is 122 Å². The minimum absolute atomic E-state index is 0.0340. The van der Waals surface area contributed by atoms with E-state index in [1.807, 2.05) is 7.05 Å². The molecule has 0 aliphatic carbocycles. The second-order valence-corrected chi connectivity index (χ2v) is 8.78. The number of hydrogen-bond acceptors (Lipinski definition) is 10. The van der Waals surface area contributed by atoms with Crippen molar-refractivity contribution in [3.05, 3.63) is 38.5 Å². The monoisotopic (exact) mass is 516 g/mol. The van der Waals surface area contributed by atoms with E-state index in [-0.39, 0.29) is 29.9 Å². The van der Waals surface area contributed by atoms with Crippen LogP contribution in [0.15, 0.2) is 21.7 Å². The van der Waals surface area contributed by atoms with Crippen LogP contribution in [0.3, 0.4) is 0 Å². The van der Waals surface area contributed by atoms with E-state index < -0.39 is 17.2 Å². The van der Waals surface area contributed by atoms with Gasteiger partial charge >= 0.3 is 11.7 Å². The van der Waals surface area contributed by atoms with E-state index in [4.69, 9.17) is 18.9 Å². The molecule has 3 aromatic rings. The summed E-state index contributed by atoms with van der Waals surface area (Å²) in [7, 11) is 9.46. The first-order chi connectivity index (χ1) is 17.7. The molecule has 3 heterocycles. The first kappa shape index (κ1) is 26.1. The SMILES string of the molecule is COc1cc(C(=O)OCCn2c(N3CCN(C)CC3)nc3c2c(=O)n(C)c(=O)n3C)cc(OC)c1OC. The molecular weight excluding hydrogens is 484 g/mol. The zero-order valence-electron chi connectivity index (χ0n) is 21.9. The third-order valence-electron chi connectivity index (χ3n) is 6.56. The van der Waals surface area contributed by atoms with Gasteiger partial charge in [0.1, 0.15) is 6.61 Å². The van der Waals surface area contributed by atoms with Crippen LogP contribution in [0, 0.1) is 0 Å². The minimum Gasteiger partial charge on any atom is -0.493 e. The fraction of sp³-hybridized carbons (Fsp3) is 0.500. The first-order valence-corrected chi connectivity index (χ1v) is 11.8. The molecule has 0 saturated carbocycles. The number of methoxy groups -OCH3 is 3. The highest BCUT2D eigenvalue weighted by molar-refractivity contribution is 5.91. The Morgan fingerprint density at radius 3 is 2.11 bits per heavy atom. The molecule has 200 valence electrons. The number of carbonyl (C=O) groups excluding carboxylic acids is 1. The maximum absolute atomic E-state index is 13.1. The molecular formula is C24H32N6O7. The molecule has 0 bridgehead atoms. The van der Waals surface area contributed by atoms with Crippen molar-refractivity contribution in [3.8, 4) is 17.2 Å². The lowest BCUT2D eigenvalue weighted by molar-refractivity contribution is 0.0491. The van der Waals surface area contributed by atoms with Gasteiger partial charge in [0.25, 0.3) is 5.56 Å². The minimum atomic E-state index is -0.592. The Kier molecular flexibility index (Phi) is 7.43. The van der Waals surface area contributed by atoms with Crippen LogP contribution >= 0.6 is 0 Å². The van der Waals surface area contributed by atoms with Crippen molar-refractivity contribution in [2.24, 2.45) is 14.1 Å². The zero-order valence-corrected chi connectivity index (χ0v) is 21.9. The summed E-state index contributed by atoms with van der Waals surface area (Å²) < 4.78 is 25.6. The van der Waals surface area contributed by atoms with Crippen LogP contribution in [0.25, 0.3) is 11.2 Å². The van der Waals surface area contributed by atoms with Gasteiger partial charge in [0.2, 0.25) is 11.7 Å². The van der Waals surface area contributed by atoms with E-state index in [1.54, 1.807) is 11.6 Å². The number of carbonyl (C=O) groups is 1. The van der Waals surface area contributed by atoms with Crippen LogP contribution in [0.5, 0.6) is 17.2 Å². The standard InChI is InChI=1S/C24H32N6O7/c1-26-7-9-29(10-8-26)23-25-20-18(21(31)28(3)24(33)27(20)2)30(23)11-12-37-22(32)15-13-16(34-4)19(36-6)17(14-15)35-5/h13-14H,7-12H2,1-6H3. The van der Waals surface area contributed by atoms with Gasteiger partial charge in [0.15, 0.2) is 22.7 Å². The van der Waals surface area contributed by atoms with E-state index in [1.165, 1.54) is 45.1 Å². The Balaban J connectivity index is 1.65. The Morgan fingerprint density at radius 2 is 1.54 bits per heavy atom. The van der Waals surface area contributed by atoms with Crippen LogP contribution in [-0.4, -0.2) is 90.7 Å². The number of likely N-dealkylation sites (N-methyl/N-ethyl adjacent to an activating group) is 1. The molecule has 13 nitrogen and oxygen atoms in total. The van der Waals surface area contributed by atoms with Crippen molar-refractivity contribution in [2.75, 3.05) is 66.1 Å². The van der Waals surface area contributed by atoms with Gasteiger partial charge < -0.3 is 33.3 Å². The molecule has 0 N–H and O–H groups in total. The first-order valence-electron chi connectivity index (χ1n) is 11.8. The van der Waals surface area contributed by atoms with Crippen LogP contribution in [0.4, 0.5) is 5.95 Å². The van der Waals surface area contributed by atoms with Crippen LogP contribution in [-0.2, 0) is 25.4 Å². The van der Waals surface area contributed by atoms with Gasteiger partial charge in [0.05, 0.1) is 33.4 Å². The largest absolute Gasteiger partial charge is 0.493 e. The summed E-state index contributed by atoms with van der Waals surface area (Å²) in [4.78, 5) is 47.5. The van der Waals surface area contributed by atoms with Gasteiger partial charge in [-0.05, 0) is 19.2 Å². The van der Waals surface area contributed by atoms with E-state index in [0.29, 0.717) is 36.3 Å². The second kappa shape index (κ2) is 10.5. The molecule has 1 aromatic carbocycles. The van der Waals surface area contributed by atoms with E-state index in [9.17, 15) is 14.4 Å². The lowest BCUT2D eigenvalue weighted by atomic mass is 10.2. The number of esters is 1. The summed E-state index contributed by atoms with van der Waals surface area (Å²) in [6.07, 6.45) is 0. The molecule has 4 rings (SSSR count). The number of piperazine rings is 1. The molecule has 37 heavy (non-hydrogen) atoms. The maximum Gasteiger partial charge on any atom is 0.338 e. The summed E-state index contributed by atoms with van der Waals surface area (Å²) in [6.45, 7) is 3.21. The van der Waals surface area contributed by atoms with Crippen molar-refractivity contribution in [1.82, 2.24) is 23.6 Å². The van der Waals surface area contributed by atoms with Crippen molar-refractivity contribution in [1.29, 1.82) is 0 Å². The molecule has 2 aromatic heterocycles. The fourth-order valence-corrected chi connectivity index (χ4v) is 4.41. The Hall–Kier alpha value is -4.00. The third kappa shape index (κ3) is 4.73. The van der Waals surface area contributed by atoms with Gasteiger partial charge in [-0.3, -0.25) is 13.9 Å². The maximum atomic E-state index is 13.1. The summed E-state index contributed by atoms with van der Waals surface area (Å²) in [5.41, 5.74) is -0.120. The molecule has 1 aliphatic heterocycles. The quantitative estimate of drug-likeness (QED) is 0.380. The molecule has 1 saturated heterocycles. The van der Waals surface area contributed by atoms with Crippen molar-refractivity contribution < 1.29 is 23.7 Å². The third-order valence-corrected chi connectivity index (χ3v) is 6.56. The van der Waals surface area contributed by atoms with Gasteiger partial charge in [0, 0.05) is 40.3 Å². The average Bonchev–Trinajstić information content (AvgIpc) is 3.29. The van der Waals surface area contributed by atoms with E-state index >= 15 is 0 Å². The van der Waals surface area contributed by atoms with E-state index in [2.05, 4.69) is 14.8 Å². The number of ether oxygens (including phenoxy) is 4. The molecule has 0 amide bonds. The Labute approximate surface area is 213 Å². The van der Waals surface area contributed by atoms with Crippen molar-refractivity contribution in [2.45, 2.75) is 6.54 Å². The number of aryl methyl sites for hydroxylation is 1. The lowest BCUT2D eigenvalue weighted by Gasteiger charge is -2.33. The highest BCUT2D eigenvalue weighted by Crippen LogP contribution is 2.38. The Morgan fingerprint density at radius 1 is 0.919 bits per heavy atom.